The van der Waals surface area contributed by atoms with E-state index in [1.165, 1.54) is 0 Å². The number of nitrogens with two attached hydrogens (primary N) is 1. The predicted molar refractivity (Wildman–Crippen MR) is 106 cm³/mol. The molecule has 5 nitrogen and oxygen atoms in total. The van der Waals surface area contributed by atoms with Crippen LogP contribution in [0.25, 0.3) is 11.1 Å². The lowest BCUT2D eigenvalue weighted by Gasteiger charge is -2.26. The summed E-state index contributed by atoms with van der Waals surface area (Å²) in [6.45, 7) is 5.84. The van der Waals surface area contributed by atoms with Gasteiger partial charge in [-0.15, -0.1) is 0 Å². The molecule has 0 fully saturated rings. The van der Waals surface area contributed by atoms with Gasteiger partial charge >= 0.3 is 0 Å². The first-order valence-electron chi connectivity index (χ1n) is 9.13. The minimum Gasteiger partial charge on any atom is -0.368 e. The van der Waals surface area contributed by atoms with E-state index in [0.717, 1.165) is 33.8 Å². The number of anilines is 1. The second kappa shape index (κ2) is 6.58. The van der Waals surface area contributed by atoms with Crippen LogP contribution in [0.2, 0.25) is 0 Å². The van der Waals surface area contributed by atoms with E-state index in [-0.39, 0.29) is 17.6 Å². The lowest BCUT2D eigenvalue weighted by Crippen LogP contribution is -2.23. The molecule has 2 N–H and O–H groups in total. The Kier molecular flexibility index (Phi) is 4.22. The van der Waals surface area contributed by atoms with Crippen LogP contribution < -0.4 is 5.73 Å². The van der Waals surface area contributed by atoms with E-state index in [0.29, 0.717) is 24.1 Å². The minimum atomic E-state index is 0.0654. The lowest BCUT2D eigenvalue weighted by molar-refractivity contribution is 0.0962. The van der Waals surface area contributed by atoms with Crippen molar-refractivity contribution in [2.45, 2.75) is 39.5 Å². The molecule has 1 aromatic carbocycles. The smallest absolute Gasteiger partial charge is 0.220 e. The summed E-state index contributed by atoms with van der Waals surface area (Å²) in [5, 5.41) is 0. The topological polar surface area (TPSA) is 81.8 Å². The number of nitrogens with zero attached hydrogens (tertiary/aromatic N) is 3. The molecular weight excluding hydrogens is 336 g/mol. The van der Waals surface area contributed by atoms with Gasteiger partial charge in [0.15, 0.2) is 5.78 Å². The average Bonchev–Trinajstić information content (AvgIpc) is 2.61. The lowest BCUT2D eigenvalue weighted by atomic mass is 9.78. The summed E-state index contributed by atoms with van der Waals surface area (Å²) in [6, 6.07) is 12.4. The molecule has 2 heterocycles. The zero-order valence-corrected chi connectivity index (χ0v) is 15.8. The molecule has 0 saturated carbocycles. The summed E-state index contributed by atoms with van der Waals surface area (Å²) in [6.07, 6.45) is 1.14. The highest BCUT2D eigenvalue weighted by atomic mass is 16.1. The molecule has 4 rings (SSSR count). The Morgan fingerprint density at radius 2 is 1.67 bits per heavy atom. The zero-order valence-electron chi connectivity index (χ0n) is 15.8. The number of rotatable bonds is 2. The number of benzene rings is 1. The highest BCUT2D eigenvalue weighted by molar-refractivity contribution is 6.00. The number of hydrogen-bond acceptors (Lipinski definition) is 5. The maximum atomic E-state index is 12.8. The van der Waals surface area contributed by atoms with Crippen molar-refractivity contribution < 1.29 is 4.79 Å². The number of Topliss-reactive ketones (excluding diaryl/α,β-unsaturated/α-hetero) is 1. The molecule has 1 aliphatic rings. The molecule has 1 unspecified atom stereocenters. The fourth-order valence-corrected chi connectivity index (χ4v) is 4.09. The highest BCUT2D eigenvalue weighted by Gasteiger charge is 2.31. The number of aromatic nitrogens is 3. The summed E-state index contributed by atoms with van der Waals surface area (Å²) in [7, 11) is 0. The molecule has 3 aromatic rings. The van der Waals surface area contributed by atoms with Crippen LogP contribution in [0.4, 0.5) is 5.95 Å². The van der Waals surface area contributed by atoms with Crippen LogP contribution in [0.5, 0.6) is 0 Å². The van der Waals surface area contributed by atoms with Gasteiger partial charge in [0.2, 0.25) is 5.95 Å². The first-order valence-corrected chi connectivity index (χ1v) is 9.13. The van der Waals surface area contributed by atoms with Crippen molar-refractivity contribution in [2.24, 2.45) is 0 Å². The van der Waals surface area contributed by atoms with Gasteiger partial charge in [-0.1, -0.05) is 30.3 Å². The van der Waals surface area contributed by atoms with Gasteiger partial charge in [-0.25, -0.2) is 9.97 Å². The van der Waals surface area contributed by atoms with E-state index in [4.69, 9.17) is 5.73 Å². The van der Waals surface area contributed by atoms with Crippen LogP contribution in [0.1, 0.15) is 51.0 Å². The molecule has 27 heavy (non-hydrogen) atoms. The molecule has 0 aliphatic heterocycles. The van der Waals surface area contributed by atoms with Gasteiger partial charge in [0.05, 0.1) is 17.0 Å². The van der Waals surface area contributed by atoms with Crippen LogP contribution in [-0.2, 0) is 6.42 Å². The van der Waals surface area contributed by atoms with Gasteiger partial charge in [-0.2, -0.15) is 0 Å². The minimum absolute atomic E-state index is 0.0654. The van der Waals surface area contributed by atoms with E-state index in [1.54, 1.807) is 0 Å². The van der Waals surface area contributed by atoms with Crippen LogP contribution in [0, 0.1) is 20.8 Å². The van der Waals surface area contributed by atoms with Crippen molar-refractivity contribution >= 4 is 11.7 Å². The Bertz CT molecular complexity index is 1060. The molecule has 5 heteroatoms. The van der Waals surface area contributed by atoms with Gasteiger partial charge in [0, 0.05) is 23.4 Å². The Labute approximate surface area is 158 Å². The quantitative estimate of drug-likeness (QED) is 0.750. The summed E-state index contributed by atoms with van der Waals surface area (Å²) >= 11 is 0. The van der Waals surface area contributed by atoms with Gasteiger partial charge < -0.3 is 5.73 Å². The molecule has 0 spiro atoms. The number of hydrogen-bond donors (Lipinski definition) is 1. The molecular formula is C22H22N4O. The van der Waals surface area contributed by atoms with Crippen LogP contribution in [0.3, 0.4) is 0 Å². The summed E-state index contributed by atoms with van der Waals surface area (Å²) in [5.41, 5.74) is 13.3. The Morgan fingerprint density at radius 1 is 0.889 bits per heavy atom. The van der Waals surface area contributed by atoms with E-state index in [2.05, 4.69) is 33.2 Å². The summed E-state index contributed by atoms with van der Waals surface area (Å²) < 4.78 is 0. The predicted octanol–water partition coefficient (Wildman–Crippen LogP) is 3.96. The van der Waals surface area contributed by atoms with Gasteiger partial charge in [-0.3, -0.25) is 9.78 Å². The van der Waals surface area contributed by atoms with Crippen molar-refractivity contribution in [1.82, 2.24) is 15.0 Å². The van der Waals surface area contributed by atoms with Crippen molar-refractivity contribution in [1.29, 1.82) is 0 Å². The Hall–Kier alpha value is -3.08. The average molecular weight is 358 g/mol. The monoisotopic (exact) mass is 358 g/mol. The van der Waals surface area contributed by atoms with Crippen molar-refractivity contribution in [3.05, 3.63) is 70.3 Å². The molecule has 0 saturated heterocycles. The number of carbonyl (C=O) groups is 1. The second-order valence-corrected chi connectivity index (χ2v) is 7.19. The molecule has 1 aliphatic carbocycles. The third kappa shape index (κ3) is 3.10. The van der Waals surface area contributed by atoms with Crippen LogP contribution in [-0.4, -0.2) is 20.7 Å². The maximum Gasteiger partial charge on any atom is 0.220 e. The number of nitrogen functional groups attached to an aromatic ring is 1. The van der Waals surface area contributed by atoms with E-state index >= 15 is 0 Å². The summed E-state index contributed by atoms with van der Waals surface area (Å²) in [4.78, 5) is 26.0. The van der Waals surface area contributed by atoms with Gasteiger partial charge in [0.25, 0.3) is 0 Å². The fraction of sp³-hybridized carbons (Fsp3) is 0.273. The summed E-state index contributed by atoms with van der Waals surface area (Å²) in [5.74, 6) is 0.384. The molecule has 136 valence electrons. The molecule has 0 bridgehead atoms. The van der Waals surface area contributed by atoms with Crippen molar-refractivity contribution in [3.8, 4) is 11.1 Å². The van der Waals surface area contributed by atoms with E-state index in [9.17, 15) is 4.79 Å². The largest absolute Gasteiger partial charge is 0.368 e. The van der Waals surface area contributed by atoms with Gasteiger partial charge in [0.1, 0.15) is 0 Å². The maximum absolute atomic E-state index is 12.8. The zero-order chi connectivity index (χ0) is 19.1. The number of pyridine rings is 1. The first kappa shape index (κ1) is 17.3. The molecule has 0 amide bonds. The third-order valence-corrected chi connectivity index (χ3v) is 5.25. The van der Waals surface area contributed by atoms with Crippen LogP contribution in [0.15, 0.2) is 36.4 Å². The normalized spacial score (nSPS) is 16.3. The number of fused-ring (bicyclic) bond motifs is 1. The van der Waals surface area contributed by atoms with E-state index in [1.807, 2.05) is 39.0 Å². The van der Waals surface area contributed by atoms with Crippen molar-refractivity contribution in [2.75, 3.05) is 5.73 Å². The fourth-order valence-electron chi connectivity index (χ4n) is 4.09. The number of carbonyl (C=O) groups excluding carboxylic acids is 1. The van der Waals surface area contributed by atoms with Crippen molar-refractivity contribution in [3.63, 3.8) is 0 Å². The SMILES string of the molecule is Cc1ccc(-c2ccccc2C2CC(=O)c3c(C)nc(N)nc3C2)c(C)n1. The standard InChI is InChI=1S/C22H22N4O/c1-12-8-9-16(13(2)24-12)18-7-5-4-6-17(18)15-10-19-21(20(27)11-15)14(3)25-22(23)26-19/h4-9,15H,10-11H2,1-3H3,(H2,23,25,26). The highest BCUT2D eigenvalue weighted by Crippen LogP contribution is 2.38. The second-order valence-electron chi connectivity index (χ2n) is 7.19. The van der Waals surface area contributed by atoms with E-state index < -0.39 is 0 Å². The number of aryl methyl sites for hydroxylation is 3. The Balaban J connectivity index is 1.80. The van der Waals surface area contributed by atoms with Gasteiger partial charge in [-0.05, 0) is 50.3 Å². The first-order chi connectivity index (χ1) is 12.9. The molecule has 1 atom stereocenters. The molecule has 2 aromatic heterocycles. The number of ketones is 1. The Morgan fingerprint density at radius 3 is 2.44 bits per heavy atom. The third-order valence-electron chi connectivity index (χ3n) is 5.25. The van der Waals surface area contributed by atoms with Crippen LogP contribution >= 0.6 is 0 Å². The molecule has 0 radical (unpaired) electrons.